The number of nitrogens with two attached hydrogens (primary N) is 1. The molecule has 6 rings (SSSR count). The number of hydrogen-bond acceptors (Lipinski definition) is 7. The maximum absolute atomic E-state index is 14.1. The molecule has 1 atom stereocenters. The summed E-state index contributed by atoms with van der Waals surface area (Å²) < 4.78 is 80.8. The van der Waals surface area contributed by atoms with E-state index < -0.39 is 42.1 Å². The first-order valence-corrected chi connectivity index (χ1v) is 11.8. The average molecular weight is 548 g/mol. The Kier molecular flexibility index (Phi) is 5.35. The van der Waals surface area contributed by atoms with Crippen molar-refractivity contribution in [2.45, 2.75) is 43.2 Å². The first-order valence-electron chi connectivity index (χ1n) is 11.8. The Morgan fingerprint density at radius 2 is 1.90 bits per heavy atom. The largest absolute Gasteiger partial charge is 0.453 e. The van der Waals surface area contributed by atoms with Crippen molar-refractivity contribution in [3.63, 3.8) is 0 Å². The van der Waals surface area contributed by atoms with Crippen LogP contribution in [0.15, 0.2) is 37.1 Å². The van der Waals surface area contributed by atoms with Gasteiger partial charge < -0.3 is 11.1 Å². The fourth-order valence-electron chi connectivity index (χ4n) is 5.19. The van der Waals surface area contributed by atoms with Crippen LogP contribution in [-0.4, -0.2) is 47.6 Å². The van der Waals surface area contributed by atoms with E-state index in [1.54, 1.807) is 0 Å². The molecule has 0 saturated heterocycles. The highest BCUT2D eigenvalue weighted by molar-refractivity contribution is 6.10. The second-order valence-electron chi connectivity index (χ2n) is 9.57. The Bertz CT molecular complexity index is 1630. The minimum Gasteiger partial charge on any atom is -0.383 e. The summed E-state index contributed by atoms with van der Waals surface area (Å²) >= 11 is 0. The summed E-state index contributed by atoms with van der Waals surface area (Å²) in [7, 11) is 0. The molecule has 3 N–H and O–H groups in total. The Labute approximate surface area is 215 Å². The monoisotopic (exact) mass is 548 g/mol. The van der Waals surface area contributed by atoms with Gasteiger partial charge in [-0.05, 0) is 48.4 Å². The molecule has 1 fully saturated rings. The van der Waals surface area contributed by atoms with Crippen LogP contribution in [0.5, 0.6) is 0 Å². The van der Waals surface area contributed by atoms with E-state index in [2.05, 4.69) is 30.4 Å². The Hall–Kier alpha value is -4.30. The number of rotatable bonds is 6. The number of anilines is 2. The number of pyridine rings is 2. The normalized spacial score (nSPS) is 19.4. The van der Waals surface area contributed by atoms with Crippen LogP contribution >= 0.6 is 0 Å². The summed E-state index contributed by atoms with van der Waals surface area (Å²) in [4.78, 5) is 30.1. The van der Waals surface area contributed by atoms with Crippen LogP contribution in [-0.2, 0) is 16.6 Å². The van der Waals surface area contributed by atoms with E-state index >= 15 is 0 Å². The van der Waals surface area contributed by atoms with E-state index in [1.807, 2.05) is 0 Å². The molecule has 202 valence electrons. The lowest BCUT2D eigenvalue weighted by Gasteiger charge is -2.28. The van der Waals surface area contributed by atoms with Crippen LogP contribution in [0.1, 0.15) is 36.0 Å². The van der Waals surface area contributed by atoms with Gasteiger partial charge in [-0.3, -0.25) is 9.78 Å². The number of carbonyl (C=O) groups is 1. The Morgan fingerprint density at radius 3 is 2.59 bits per heavy atom. The van der Waals surface area contributed by atoms with Gasteiger partial charge >= 0.3 is 12.1 Å². The molecule has 15 heteroatoms. The first kappa shape index (κ1) is 25.0. The van der Waals surface area contributed by atoms with Crippen molar-refractivity contribution in [2.24, 2.45) is 5.92 Å². The van der Waals surface area contributed by atoms with Gasteiger partial charge in [-0.1, -0.05) is 0 Å². The molecule has 4 aromatic heterocycles. The van der Waals surface area contributed by atoms with Crippen molar-refractivity contribution in [1.82, 2.24) is 29.5 Å². The second-order valence-corrected chi connectivity index (χ2v) is 9.57. The molecule has 1 aliphatic heterocycles. The van der Waals surface area contributed by atoms with Crippen molar-refractivity contribution >= 4 is 23.2 Å². The molecule has 39 heavy (non-hydrogen) atoms. The Morgan fingerprint density at radius 1 is 1.13 bits per heavy atom. The fraction of sp³-hybridized carbons (Fsp3) is 0.333. The number of fused-ring (bicyclic) bond motifs is 2. The van der Waals surface area contributed by atoms with Gasteiger partial charge in [0.15, 0.2) is 11.5 Å². The second kappa shape index (κ2) is 8.35. The van der Waals surface area contributed by atoms with Crippen LogP contribution in [0.4, 0.5) is 38.0 Å². The molecular formula is C24H18F6N8O. The van der Waals surface area contributed by atoms with Gasteiger partial charge in [-0.15, -0.1) is 0 Å². The van der Waals surface area contributed by atoms with E-state index in [0.717, 1.165) is 12.5 Å². The quantitative estimate of drug-likeness (QED) is 0.348. The van der Waals surface area contributed by atoms with Crippen molar-refractivity contribution in [1.29, 1.82) is 0 Å². The summed E-state index contributed by atoms with van der Waals surface area (Å²) in [6.07, 6.45) is -1.56. The van der Waals surface area contributed by atoms with E-state index in [1.165, 1.54) is 29.0 Å². The highest BCUT2D eigenvalue weighted by atomic mass is 19.4. The molecule has 1 saturated carbocycles. The molecule has 5 heterocycles. The minimum absolute atomic E-state index is 0.0308. The highest BCUT2D eigenvalue weighted by Gasteiger charge is 2.60. The molecule has 4 aromatic rings. The number of alkyl halides is 5. The summed E-state index contributed by atoms with van der Waals surface area (Å²) in [5.74, 6) is -6.21. The van der Waals surface area contributed by atoms with Crippen LogP contribution < -0.4 is 11.1 Å². The number of hydrogen-bond donors (Lipinski definition) is 2. The average Bonchev–Trinajstić information content (AvgIpc) is 3.51. The maximum atomic E-state index is 14.1. The number of amides is 1. The summed E-state index contributed by atoms with van der Waals surface area (Å²) in [5, 5.41) is 6.67. The van der Waals surface area contributed by atoms with Crippen molar-refractivity contribution in [2.75, 3.05) is 11.1 Å². The number of nitrogen functional groups attached to an aromatic ring is 1. The molecule has 0 bridgehead atoms. The minimum atomic E-state index is -5.70. The molecule has 1 amide bonds. The standard InChI is InChI=1S/C24H18F6N8O/c25-15-6-14(7-32-8-15)23(13-1-2-13)16-17(31)35-18(36-19(16)37-21(23)39)12-5-11(20-33-10-34-38(20)9-12)3-4-22(26,27)24(28,29)30/h5-10,13H,1-4H2,(H3,31,35,36,37,39). The third-order valence-corrected chi connectivity index (χ3v) is 7.10. The lowest BCUT2D eigenvalue weighted by molar-refractivity contribution is -0.284. The Balaban J connectivity index is 1.44. The molecule has 1 unspecified atom stereocenters. The van der Waals surface area contributed by atoms with E-state index in [9.17, 15) is 31.1 Å². The topological polar surface area (TPSA) is 124 Å². The third kappa shape index (κ3) is 3.86. The summed E-state index contributed by atoms with van der Waals surface area (Å²) in [6.45, 7) is 0. The zero-order chi connectivity index (χ0) is 27.7. The van der Waals surface area contributed by atoms with Gasteiger partial charge in [0.2, 0.25) is 5.91 Å². The van der Waals surface area contributed by atoms with Gasteiger partial charge in [0.1, 0.15) is 29.2 Å². The lowest BCUT2D eigenvalue weighted by Crippen LogP contribution is -2.38. The maximum Gasteiger partial charge on any atom is 0.453 e. The predicted molar refractivity (Wildman–Crippen MR) is 124 cm³/mol. The van der Waals surface area contributed by atoms with Crippen LogP contribution in [0.25, 0.3) is 17.0 Å². The SMILES string of the molecule is Nc1nc(-c2cc(CCC(F)(F)C(F)(F)F)c3ncnn3c2)nc2c1C(c1cncc(F)c1)(C1CC1)C(=O)N2. The highest BCUT2D eigenvalue weighted by Crippen LogP contribution is 2.57. The van der Waals surface area contributed by atoms with Gasteiger partial charge in [-0.25, -0.2) is 23.9 Å². The molecular weight excluding hydrogens is 530 g/mol. The zero-order valence-corrected chi connectivity index (χ0v) is 19.8. The van der Waals surface area contributed by atoms with Gasteiger partial charge in [0.05, 0.1) is 11.8 Å². The zero-order valence-electron chi connectivity index (χ0n) is 19.8. The molecule has 2 aliphatic rings. The number of aryl methyl sites for hydroxylation is 1. The third-order valence-electron chi connectivity index (χ3n) is 7.10. The van der Waals surface area contributed by atoms with E-state index in [0.29, 0.717) is 18.4 Å². The predicted octanol–water partition coefficient (Wildman–Crippen LogP) is 4.08. The smallest absolute Gasteiger partial charge is 0.383 e. The molecule has 0 spiro atoms. The van der Waals surface area contributed by atoms with Gasteiger partial charge in [0.25, 0.3) is 0 Å². The van der Waals surface area contributed by atoms with Crippen LogP contribution in [0.2, 0.25) is 0 Å². The molecule has 0 aromatic carbocycles. The lowest BCUT2D eigenvalue weighted by atomic mass is 9.72. The molecule has 0 radical (unpaired) electrons. The van der Waals surface area contributed by atoms with Crippen molar-refractivity contribution < 1.29 is 31.1 Å². The van der Waals surface area contributed by atoms with Crippen LogP contribution in [0, 0.1) is 11.7 Å². The first-order chi connectivity index (χ1) is 18.4. The summed E-state index contributed by atoms with van der Waals surface area (Å²) in [6, 6.07) is 2.55. The number of halogens is 6. The molecule has 9 nitrogen and oxygen atoms in total. The molecule has 1 aliphatic carbocycles. The van der Waals surface area contributed by atoms with Crippen molar-refractivity contribution in [3.05, 3.63) is 59.6 Å². The fourth-order valence-corrected chi connectivity index (χ4v) is 5.19. The number of aromatic nitrogens is 6. The van der Waals surface area contributed by atoms with Gasteiger partial charge in [0, 0.05) is 24.4 Å². The van der Waals surface area contributed by atoms with Crippen LogP contribution in [0.3, 0.4) is 0 Å². The summed E-state index contributed by atoms with van der Waals surface area (Å²) in [5.41, 5.74) is 5.94. The number of nitrogens with zero attached hydrogens (tertiary/aromatic N) is 6. The van der Waals surface area contributed by atoms with Crippen molar-refractivity contribution in [3.8, 4) is 11.4 Å². The van der Waals surface area contributed by atoms with Gasteiger partial charge in [-0.2, -0.15) is 27.1 Å². The number of carbonyl (C=O) groups excluding carboxylic acids is 1. The number of nitrogens with one attached hydrogen (secondary N) is 1. The van der Waals surface area contributed by atoms with E-state index in [4.69, 9.17) is 5.73 Å². The van der Waals surface area contributed by atoms with E-state index in [-0.39, 0.29) is 45.7 Å².